The minimum atomic E-state index is -0.229. The number of nitrogens with zero attached hydrogens (tertiary/aromatic N) is 1. The van der Waals surface area contributed by atoms with Crippen LogP contribution in [0.5, 0.6) is 0 Å². The van der Waals surface area contributed by atoms with Crippen molar-refractivity contribution in [2.24, 2.45) is 11.8 Å². The lowest BCUT2D eigenvalue weighted by Crippen LogP contribution is -2.36. The van der Waals surface area contributed by atoms with Crippen molar-refractivity contribution in [3.8, 4) is 0 Å². The summed E-state index contributed by atoms with van der Waals surface area (Å²) in [5.74, 6) is 1.28. The molecule has 1 saturated heterocycles. The Labute approximate surface area is 138 Å². The van der Waals surface area contributed by atoms with E-state index < -0.39 is 0 Å². The fourth-order valence-corrected chi connectivity index (χ4v) is 3.66. The molecule has 128 valence electrons. The molecule has 3 nitrogen and oxygen atoms in total. The minimum absolute atomic E-state index is 0.145. The normalized spacial score (nSPS) is 21.0. The summed E-state index contributed by atoms with van der Waals surface area (Å²) >= 11 is 0. The first kappa shape index (κ1) is 16.7. The first-order valence-corrected chi connectivity index (χ1v) is 8.99. The van der Waals surface area contributed by atoms with Gasteiger partial charge in [-0.3, -0.25) is 0 Å². The molecule has 3 rings (SSSR count). The standard InChI is InChI=1S/C19H29FN2O/c1-13(2)19(15-4-5-15)21-12-14-3-6-18(17(20)11-14)22-9-7-16(23)8-10-22/h3,6,11,13,15-16,19,21,23H,4-5,7-10,12H2,1-2H3. The van der Waals surface area contributed by atoms with Crippen LogP contribution >= 0.6 is 0 Å². The molecule has 0 amide bonds. The molecule has 1 unspecified atom stereocenters. The maximum atomic E-state index is 14.5. The van der Waals surface area contributed by atoms with Crippen LogP contribution < -0.4 is 10.2 Å². The van der Waals surface area contributed by atoms with E-state index >= 15 is 0 Å². The molecule has 0 aromatic heterocycles. The molecular formula is C19H29FN2O. The average molecular weight is 320 g/mol. The van der Waals surface area contributed by atoms with Gasteiger partial charge in [0.1, 0.15) is 5.82 Å². The summed E-state index contributed by atoms with van der Waals surface area (Å²) in [6.07, 6.45) is 3.86. The van der Waals surface area contributed by atoms with Gasteiger partial charge in [-0.1, -0.05) is 19.9 Å². The Bertz CT molecular complexity index is 520. The largest absolute Gasteiger partial charge is 0.393 e. The third-order valence-corrected chi connectivity index (χ3v) is 5.21. The minimum Gasteiger partial charge on any atom is -0.393 e. The molecule has 1 aromatic carbocycles. The fourth-order valence-electron chi connectivity index (χ4n) is 3.66. The number of benzene rings is 1. The predicted octanol–water partition coefficient (Wildman–Crippen LogP) is 3.31. The summed E-state index contributed by atoms with van der Waals surface area (Å²) in [5.41, 5.74) is 1.68. The van der Waals surface area contributed by atoms with Crippen LogP contribution in [0.1, 0.15) is 45.1 Å². The van der Waals surface area contributed by atoms with Gasteiger partial charge < -0.3 is 15.3 Å². The summed E-state index contributed by atoms with van der Waals surface area (Å²) < 4.78 is 14.5. The highest BCUT2D eigenvalue weighted by Gasteiger charge is 2.32. The second-order valence-electron chi connectivity index (χ2n) is 7.49. The third-order valence-electron chi connectivity index (χ3n) is 5.21. The van der Waals surface area contributed by atoms with E-state index in [1.54, 1.807) is 6.07 Å². The van der Waals surface area contributed by atoms with Crippen molar-refractivity contribution in [2.45, 2.75) is 58.2 Å². The molecule has 1 aliphatic carbocycles. The number of hydrogen-bond donors (Lipinski definition) is 2. The van der Waals surface area contributed by atoms with E-state index in [-0.39, 0.29) is 11.9 Å². The molecule has 0 radical (unpaired) electrons. The Morgan fingerprint density at radius 2 is 1.91 bits per heavy atom. The van der Waals surface area contributed by atoms with Crippen molar-refractivity contribution < 1.29 is 9.50 Å². The maximum absolute atomic E-state index is 14.5. The number of rotatable bonds is 6. The van der Waals surface area contributed by atoms with Crippen molar-refractivity contribution in [2.75, 3.05) is 18.0 Å². The molecule has 2 fully saturated rings. The molecule has 1 saturated carbocycles. The van der Waals surface area contributed by atoms with Crippen LogP contribution in [-0.4, -0.2) is 30.3 Å². The summed E-state index contributed by atoms with van der Waals surface area (Å²) in [6, 6.07) is 6.13. The van der Waals surface area contributed by atoms with Gasteiger partial charge >= 0.3 is 0 Å². The topological polar surface area (TPSA) is 35.5 Å². The lowest BCUT2D eigenvalue weighted by molar-refractivity contribution is 0.145. The van der Waals surface area contributed by atoms with E-state index in [2.05, 4.69) is 19.2 Å². The number of nitrogens with one attached hydrogen (secondary N) is 1. The smallest absolute Gasteiger partial charge is 0.146 e. The number of aliphatic hydroxyl groups excluding tert-OH is 1. The number of halogens is 1. The number of aliphatic hydroxyl groups is 1. The highest BCUT2D eigenvalue weighted by Crippen LogP contribution is 2.36. The first-order chi connectivity index (χ1) is 11.0. The Morgan fingerprint density at radius 3 is 2.48 bits per heavy atom. The van der Waals surface area contributed by atoms with Crippen molar-refractivity contribution in [1.29, 1.82) is 0 Å². The second-order valence-corrected chi connectivity index (χ2v) is 7.49. The van der Waals surface area contributed by atoms with Gasteiger partial charge in [0, 0.05) is 25.7 Å². The Balaban J connectivity index is 1.60. The third kappa shape index (κ3) is 4.24. The second kappa shape index (κ2) is 7.18. The number of piperidine rings is 1. The van der Waals surface area contributed by atoms with Crippen LogP contribution in [0.3, 0.4) is 0 Å². The van der Waals surface area contributed by atoms with Crippen LogP contribution in [0.25, 0.3) is 0 Å². The van der Waals surface area contributed by atoms with Crippen LogP contribution in [0.4, 0.5) is 10.1 Å². The molecule has 0 bridgehead atoms. The van der Waals surface area contributed by atoms with E-state index in [4.69, 9.17) is 0 Å². The van der Waals surface area contributed by atoms with Crippen LogP contribution in [0, 0.1) is 17.7 Å². The lowest BCUT2D eigenvalue weighted by Gasteiger charge is -2.31. The van der Waals surface area contributed by atoms with Gasteiger partial charge in [-0.25, -0.2) is 4.39 Å². The predicted molar refractivity (Wildman–Crippen MR) is 92.0 cm³/mol. The zero-order valence-corrected chi connectivity index (χ0v) is 14.3. The van der Waals surface area contributed by atoms with Gasteiger partial charge in [0.05, 0.1) is 11.8 Å². The zero-order valence-electron chi connectivity index (χ0n) is 14.3. The van der Waals surface area contributed by atoms with E-state index in [0.29, 0.717) is 17.6 Å². The zero-order chi connectivity index (χ0) is 16.4. The van der Waals surface area contributed by atoms with Crippen molar-refractivity contribution in [3.63, 3.8) is 0 Å². The molecule has 1 aliphatic heterocycles. The van der Waals surface area contributed by atoms with Crippen molar-refractivity contribution in [1.82, 2.24) is 5.32 Å². The summed E-state index contributed by atoms with van der Waals surface area (Å²) in [5, 5.41) is 13.2. The monoisotopic (exact) mass is 320 g/mol. The van der Waals surface area contributed by atoms with Gasteiger partial charge in [0.2, 0.25) is 0 Å². The molecule has 23 heavy (non-hydrogen) atoms. The van der Waals surface area contributed by atoms with Gasteiger partial charge in [0.15, 0.2) is 0 Å². The Hall–Kier alpha value is -1.13. The molecule has 1 atom stereocenters. The highest BCUT2D eigenvalue weighted by atomic mass is 19.1. The van der Waals surface area contributed by atoms with E-state index in [9.17, 15) is 9.50 Å². The van der Waals surface area contributed by atoms with Gasteiger partial charge in [-0.05, 0) is 55.2 Å². The molecule has 2 aliphatic rings. The van der Waals surface area contributed by atoms with Crippen LogP contribution in [-0.2, 0) is 6.54 Å². The highest BCUT2D eigenvalue weighted by molar-refractivity contribution is 5.49. The maximum Gasteiger partial charge on any atom is 0.146 e. The summed E-state index contributed by atoms with van der Waals surface area (Å²) in [4.78, 5) is 2.04. The Kier molecular flexibility index (Phi) is 5.22. The van der Waals surface area contributed by atoms with Gasteiger partial charge in [-0.15, -0.1) is 0 Å². The molecular weight excluding hydrogens is 291 g/mol. The van der Waals surface area contributed by atoms with E-state index in [0.717, 1.165) is 44.0 Å². The molecule has 1 aromatic rings. The van der Waals surface area contributed by atoms with E-state index in [1.165, 1.54) is 12.8 Å². The van der Waals surface area contributed by atoms with Crippen molar-refractivity contribution in [3.05, 3.63) is 29.6 Å². The van der Waals surface area contributed by atoms with E-state index in [1.807, 2.05) is 17.0 Å². The summed E-state index contributed by atoms with van der Waals surface area (Å²) in [7, 11) is 0. The summed E-state index contributed by atoms with van der Waals surface area (Å²) in [6.45, 7) is 6.70. The molecule has 2 N–H and O–H groups in total. The Morgan fingerprint density at radius 1 is 1.22 bits per heavy atom. The average Bonchev–Trinajstić information content (AvgIpc) is 3.33. The lowest BCUT2D eigenvalue weighted by atomic mass is 9.99. The molecule has 0 spiro atoms. The van der Waals surface area contributed by atoms with Crippen LogP contribution in [0.15, 0.2) is 18.2 Å². The van der Waals surface area contributed by atoms with Crippen LogP contribution in [0.2, 0.25) is 0 Å². The molecule has 1 heterocycles. The van der Waals surface area contributed by atoms with Crippen molar-refractivity contribution >= 4 is 5.69 Å². The SMILES string of the molecule is CC(C)C(NCc1ccc(N2CCC(O)CC2)c(F)c1)C1CC1. The quantitative estimate of drug-likeness (QED) is 0.844. The number of anilines is 1. The number of hydrogen-bond acceptors (Lipinski definition) is 3. The fraction of sp³-hybridized carbons (Fsp3) is 0.684. The molecule has 4 heteroatoms. The first-order valence-electron chi connectivity index (χ1n) is 8.99. The van der Waals surface area contributed by atoms with Gasteiger partial charge in [-0.2, -0.15) is 0 Å². The van der Waals surface area contributed by atoms with Gasteiger partial charge in [0.25, 0.3) is 0 Å².